The summed E-state index contributed by atoms with van der Waals surface area (Å²) in [4.78, 5) is 26.2. The SMILES string of the molecule is COc1cc(N2CCC(N3CCN(C)CC3)CC2)c(C)cc1Nc1ncc(C(C)C)c(Nc2ccc3nccnc3c2P(C)(C)=O)n1. The van der Waals surface area contributed by atoms with E-state index in [1.54, 1.807) is 32.8 Å². The summed E-state index contributed by atoms with van der Waals surface area (Å²) >= 11 is 0. The quantitative estimate of drug-likeness (QED) is 0.213. The maximum absolute atomic E-state index is 13.5. The number of methoxy groups -OCH3 is 1. The van der Waals surface area contributed by atoms with Crippen molar-refractivity contribution in [1.82, 2.24) is 29.7 Å². The molecule has 2 fully saturated rings. The number of nitrogens with zero attached hydrogens (tertiary/aromatic N) is 7. The van der Waals surface area contributed by atoms with Crippen LogP contribution >= 0.6 is 7.14 Å². The lowest BCUT2D eigenvalue weighted by atomic mass is 10.0. The molecule has 250 valence electrons. The molecular formula is C35H48N9O2P. The van der Waals surface area contributed by atoms with Crippen LogP contribution in [0.2, 0.25) is 0 Å². The number of hydrogen-bond acceptors (Lipinski definition) is 11. The molecule has 4 aromatic rings. The highest BCUT2D eigenvalue weighted by Crippen LogP contribution is 2.42. The molecule has 6 rings (SSSR count). The van der Waals surface area contributed by atoms with Gasteiger partial charge in [0.05, 0.1) is 29.3 Å². The van der Waals surface area contributed by atoms with Gasteiger partial charge in [0.25, 0.3) is 0 Å². The lowest BCUT2D eigenvalue weighted by molar-refractivity contribution is 0.0982. The zero-order chi connectivity index (χ0) is 33.3. The van der Waals surface area contributed by atoms with E-state index in [1.165, 1.54) is 37.2 Å². The van der Waals surface area contributed by atoms with Gasteiger partial charge < -0.3 is 29.7 Å². The van der Waals surface area contributed by atoms with Crippen LogP contribution in [0.4, 0.5) is 28.8 Å². The Hall–Kier alpha value is -3.79. The molecule has 0 amide bonds. The van der Waals surface area contributed by atoms with Crippen LogP contribution in [0.5, 0.6) is 5.75 Å². The molecule has 0 spiro atoms. The van der Waals surface area contributed by atoms with E-state index in [0.29, 0.717) is 39.8 Å². The molecule has 2 aromatic heterocycles. The smallest absolute Gasteiger partial charge is 0.229 e. The van der Waals surface area contributed by atoms with Gasteiger partial charge in [-0.2, -0.15) is 4.98 Å². The molecule has 2 N–H and O–H groups in total. The first-order valence-electron chi connectivity index (χ1n) is 16.6. The van der Waals surface area contributed by atoms with E-state index < -0.39 is 7.14 Å². The van der Waals surface area contributed by atoms with Crippen molar-refractivity contribution >= 4 is 52.3 Å². The third-order valence-corrected chi connectivity index (χ3v) is 11.0. The van der Waals surface area contributed by atoms with E-state index in [1.807, 2.05) is 18.3 Å². The molecule has 2 aliphatic heterocycles. The zero-order valence-electron chi connectivity index (χ0n) is 28.7. The Morgan fingerprint density at radius 1 is 0.936 bits per heavy atom. The molecule has 0 radical (unpaired) electrons. The molecule has 11 nitrogen and oxygen atoms in total. The van der Waals surface area contributed by atoms with Crippen molar-refractivity contribution in [3.05, 3.63) is 54.0 Å². The number of aromatic nitrogens is 4. The van der Waals surface area contributed by atoms with E-state index in [9.17, 15) is 4.57 Å². The molecule has 2 saturated heterocycles. The Morgan fingerprint density at radius 2 is 1.66 bits per heavy atom. The molecule has 0 atom stereocenters. The maximum Gasteiger partial charge on any atom is 0.229 e. The van der Waals surface area contributed by atoms with E-state index >= 15 is 0 Å². The Kier molecular flexibility index (Phi) is 9.69. The van der Waals surface area contributed by atoms with Crippen LogP contribution in [0.1, 0.15) is 43.7 Å². The number of fused-ring (bicyclic) bond motifs is 1. The van der Waals surface area contributed by atoms with E-state index in [2.05, 4.69) is 80.2 Å². The summed E-state index contributed by atoms with van der Waals surface area (Å²) in [6.45, 7) is 16.6. The molecule has 0 saturated carbocycles. The number of likely N-dealkylation sites (N-methyl/N-ethyl adjacent to an activating group) is 1. The third kappa shape index (κ3) is 7.22. The van der Waals surface area contributed by atoms with Crippen molar-refractivity contribution in [3.8, 4) is 5.75 Å². The lowest BCUT2D eigenvalue weighted by Crippen LogP contribution is -2.52. The van der Waals surface area contributed by atoms with Gasteiger partial charge >= 0.3 is 0 Å². The van der Waals surface area contributed by atoms with Crippen LogP contribution in [0.3, 0.4) is 0 Å². The van der Waals surface area contributed by atoms with Crippen molar-refractivity contribution in [2.24, 2.45) is 0 Å². The number of piperazine rings is 1. The molecule has 4 heterocycles. The fourth-order valence-electron chi connectivity index (χ4n) is 6.83. The van der Waals surface area contributed by atoms with Gasteiger partial charge in [-0.3, -0.25) is 14.9 Å². The predicted molar refractivity (Wildman–Crippen MR) is 193 cm³/mol. The first-order chi connectivity index (χ1) is 22.5. The second-order valence-electron chi connectivity index (χ2n) is 13.5. The van der Waals surface area contributed by atoms with Gasteiger partial charge in [-0.15, -0.1) is 0 Å². The maximum atomic E-state index is 13.5. The summed E-state index contributed by atoms with van der Waals surface area (Å²) < 4.78 is 19.4. The first kappa shape index (κ1) is 33.1. The number of benzene rings is 2. The van der Waals surface area contributed by atoms with Crippen molar-refractivity contribution in [2.45, 2.75) is 45.6 Å². The van der Waals surface area contributed by atoms with Gasteiger partial charge in [0, 0.05) is 81.2 Å². The Bertz CT molecular complexity index is 1780. The molecule has 2 aromatic carbocycles. The lowest BCUT2D eigenvalue weighted by Gasteiger charge is -2.43. The monoisotopic (exact) mass is 657 g/mol. The summed E-state index contributed by atoms with van der Waals surface area (Å²) in [6.07, 6.45) is 7.48. The van der Waals surface area contributed by atoms with Crippen molar-refractivity contribution in [2.75, 3.05) is 82.3 Å². The van der Waals surface area contributed by atoms with Gasteiger partial charge in [-0.05, 0) is 69.8 Å². The van der Waals surface area contributed by atoms with Gasteiger partial charge in [-0.1, -0.05) is 13.8 Å². The second kappa shape index (κ2) is 13.7. The van der Waals surface area contributed by atoms with Gasteiger partial charge in [0.1, 0.15) is 24.2 Å². The minimum Gasteiger partial charge on any atom is -0.494 e. The molecule has 0 unspecified atom stereocenters. The Balaban J connectivity index is 1.24. The minimum atomic E-state index is -2.74. The third-order valence-electron chi connectivity index (χ3n) is 9.47. The Morgan fingerprint density at radius 3 is 2.34 bits per heavy atom. The van der Waals surface area contributed by atoms with Gasteiger partial charge in [-0.25, -0.2) is 4.98 Å². The van der Waals surface area contributed by atoms with E-state index in [-0.39, 0.29) is 5.92 Å². The number of ether oxygens (including phenoxy) is 1. The number of hydrogen-bond donors (Lipinski definition) is 2. The van der Waals surface area contributed by atoms with Crippen LogP contribution in [0.25, 0.3) is 11.0 Å². The average molecular weight is 658 g/mol. The van der Waals surface area contributed by atoms with Crippen LogP contribution in [-0.4, -0.2) is 103 Å². The summed E-state index contributed by atoms with van der Waals surface area (Å²) in [5.74, 6) is 1.98. The van der Waals surface area contributed by atoms with Crippen LogP contribution in [0.15, 0.2) is 42.9 Å². The number of rotatable bonds is 9. The fourth-order valence-corrected chi connectivity index (χ4v) is 8.23. The predicted octanol–water partition coefficient (Wildman–Crippen LogP) is 5.81. The summed E-state index contributed by atoms with van der Waals surface area (Å²) in [7, 11) is 1.18. The average Bonchev–Trinajstić information content (AvgIpc) is 3.05. The topological polar surface area (TPSA) is 112 Å². The first-order valence-corrected chi connectivity index (χ1v) is 19.2. The van der Waals surface area contributed by atoms with Crippen molar-refractivity contribution in [3.63, 3.8) is 0 Å². The standard InChI is InChI=1S/C35H48N9O2P/c1-23(2)26-22-38-35(41-34(26)39-28-9-8-27-32(37-13-12-36-27)33(28)47(6,7)45)40-29-20-24(3)30(21-31(29)46-5)44-14-10-25(11-15-44)43-18-16-42(4)17-19-43/h8-9,12-13,20-23,25H,10-11,14-19H2,1-7H3,(H2,38,39,40,41). The van der Waals surface area contributed by atoms with E-state index in [4.69, 9.17) is 9.72 Å². The highest BCUT2D eigenvalue weighted by Gasteiger charge is 2.28. The van der Waals surface area contributed by atoms with Gasteiger partial charge in [0.2, 0.25) is 5.95 Å². The van der Waals surface area contributed by atoms with Crippen molar-refractivity contribution in [1.29, 1.82) is 0 Å². The number of nitrogens with one attached hydrogen (secondary N) is 2. The van der Waals surface area contributed by atoms with E-state index in [0.717, 1.165) is 43.2 Å². The molecule has 0 bridgehead atoms. The Labute approximate surface area is 278 Å². The molecular weight excluding hydrogens is 609 g/mol. The largest absolute Gasteiger partial charge is 0.494 e. The molecule has 12 heteroatoms. The number of anilines is 5. The van der Waals surface area contributed by atoms with Crippen LogP contribution in [-0.2, 0) is 4.57 Å². The summed E-state index contributed by atoms with van der Waals surface area (Å²) in [5, 5.41) is 7.57. The highest BCUT2D eigenvalue weighted by atomic mass is 31.2. The van der Waals surface area contributed by atoms with Crippen LogP contribution < -0.4 is 25.6 Å². The molecule has 47 heavy (non-hydrogen) atoms. The minimum absolute atomic E-state index is 0.154. The van der Waals surface area contributed by atoms with Crippen molar-refractivity contribution < 1.29 is 9.30 Å². The summed E-state index contributed by atoms with van der Waals surface area (Å²) in [6, 6.07) is 8.72. The summed E-state index contributed by atoms with van der Waals surface area (Å²) in [5.41, 5.74) is 6.17. The molecule has 0 aliphatic carbocycles. The van der Waals surface area contributed by atoms with Crippen LogP contribution in [0, 0.1) is 6.92 Å². The number of piperidine rings is 1. The normalized spacial score (nSPS) is 17.0. The highest BCUT2D eigenvalue weighted by molar-refractivity contribution is 7.71. The fraction of sp³-hybridized carbons (Fsp3) is 0.486. The molecule has 2 aliphatic rings. The zero-order valence-corrected chi connectivity index (χ0v) is 29.6. The second-order valence-corrected chi connectivity index (χ2v) is 16.7. The number of aryl methyl sites for hydroxylation is 1. The van der Waals surface area contributed by atoms with Gasteiger partial charge in [0.15, 0.2) is 0 Å².